The Morgan fingerprint density at radius 3 is 2.69 bits per heavy atom. The molecule has 0 N–H and O–H groups in total. The SMILES string of the molecule is Cc1cccc(C=C[N+](=O)[O-])c1C. The lowest BCUT2D eigenvalue weighted by Gasteiger charge is -2.01. The fourth-order valence-corrected chi connectivity index (χ4v) is 1.10. The van der Waals surface area contributed by atoms with E-state index in [1.165, 1.54) is 6.08 Å². The van der Waals surface area contributed by atoms with Crippen molar-refractivity contribution < 1.29 is 4.92 Å². The number of hydrogen-bond donors (Lipinski definition) is 0. The highest BCUT2D eigenvalue weighted by Crippen LogP contribution is 2.13. The third kappa shape index (κ3) is 2.40. The second-order valence-electron chi connectivity index (χ2n) is 2.89. The van der Waals surface area contributed by atoms with Crippen LogP contribution in [0.15, 0.2) is 24.4 Å². The average molecular weight is 177 g/mol. The number of nitro groups is 1. The molecule has 0 saturated carbocycles. The summed E-state index contributed by atoms with van der Waals surface area (Å²) in [5, 5.41) is 10.1. The zero-order chi connectivity index (χ0) is 9.84. The van der Waals surface area contributed by atoms with Crippen LogP contribution in [0.5, 0.6) is 0 Å². The molecular formula is C10H11NO2. The first-order valence-corrected chi connectivity index (χ1v) is 3.99. The molecule has 0 fully saturated rings. The van der Waals surface area contributed by atoms with E-state index in [0.29, 0.717) is 0 Å². The molecule has 0 bridgehead atoms. The van der Waals surface area contributed by atoms with Crippen LogP contribution in [-0.4, -0.2) is 4.92 Å². The first kappa shape index (κ1) is 9.45. The highest BCUT2D eigenvalue weighted by atomic mass is 16.6. The van der Waals surface area contributed by atoms with Gasteiger partial charge < -0.3 is 0 Å². The minimum absolute atomic E-state index is 0.457. The summed E-state index contributed by atoms with van der Waals surface area (Å²) in [6, 6.07) is 5.74. The second-order valence-corrected chi connectivity index (χ2v) is 2.89. The molecule has 13 heavy (non-hydrogen) atoms. The Morgan fingerprint density at radius 2 is 2.08 bits per heavy atom. The van der Waals surface area contributed by atoms with Gasteiger partial charge in [0.2, 0.25) is 6.20 Å². The maximum Gasteiger partial charge on any atom is 0.235 e. The molecule has 1 aromatic carbocycles. The van der Waals surface area contributed by atoms with E-state index in [1.54, 1.807) is 0 Å². The molecule has 1 aromatic rings. The van der Waals surface area contributed by atoms with Gasteiger partial charge in [-0.1, -0.05) is 18.2 Å². The van der Waals surface area contributed by atoms with E-state index in [-0.39, 0.29) is 0 Å². The molecule has 3 nitrogen and oxygen atoms in total. The minimum atomic E-state index is -0.457. The van der Waals surface area contributed by atoms with Gasteiger partial charge >= 0.3 is 0 Å². The average Bonchev–Trinajstić information content (AvgIpc) is 2.07. The van der Waals surface area contributed by atoms with E-state index < -0.39 is 4.92 Å². The maximum absolute atomic E-state index is 10.1. The van der Waals surface area contributed by atoms with Crippen molar-refractivity contribution in [2.24, 2.45) is 0 Å². The summed E-state index contributed by atoms with van der Waals surface area (Å²) >= 11 is 0. The van der Waals surface area contributed by atoms with Crippen LogP contribution < -0.4 is 0 Å². The predicted octanol–water partition coefficient (Wildman–Crippen LogP) is 2.55. The third-order valence-electron chi connectivity index (χ3n) is 2.02. The van der Waals surface area contributed by atoms with Crippen molar-refractivity contribution >= 4 is 6.08 Å². The Bertz CT molecular complexity index is 356. The first-order chi connectivity index (χ1) is 6.11. The van der Waals surface area contributed by atoms with Crippen LogP contribution in [0.1, 0.15) is 16.7 Å². The largest absolute Gasteiger partial charge is 0.259 e. The molecular weight excluding hydrogens is 166 g/mol. The van der Waals surface area contributed by atoms with Gasteiger partial charge in [0.25, 0.3) is 0 Å². The normalized spacial score (nSPS) is 10.6. The predicted molar refractivity (Wildman–Crippen MR) is 51.9 cm³/mol. The van der Waals surface area contributed by atoms with Gasteiger partial charge in [0, 0.05) is 6.08 Å². The number of nitrogens with zero attached hydrogens (tertiary/aromatic N) is 1. The summed E-state index contributed by atoms with van der Waals surface area (Å²) in [4.78, 5) is 9.63. The quantitative estimate of drug-likeness (QED) is 0.514. The Labute approximate surface area is 76.9 Å². The van der Waals surface area contributed by atoms with Crippen molar-refractivity contribution in [3.05, 3.63) is 51.2 Å². The number of aryl methyl sites for hydroxylation is 1. The topological polar surface area (TPSA) is 43.1 Å². The van der Waals surface area contributed by atoms with Crippen molar-refractivity contribution in [1.29, 1.82) is 0 Å². The van der Waals surface area contributed by atoms with Crippen molar-refractivity contribution in [3.63, 3.8) is 0 Å². The van der Waals surface area contributed by atoms with Crippen LogP contribution in [0.3, 0.4) is 0 Å². The standard InChI is InChI=1S/C10H11NO2/c1-8-4-3-5-10(9(8)2)6-7-11(12)13/h3-7H,1-2H3. The summed E-state index contributed by atoms with van der Waals surface area (Å²) in [6.45, 7) is 3.94. The lowest BCUT2D eigenvalue weighted by molar-refractivity contribution is -0.400. The van der Waals surface area contributed by atoms with Gasteiger partial charge in [-0.05, 0) is 30.5 Å². The molecule has 1 rings (SSSR count). The smallest absolute Gasteiger partial charge is 0.235 e. The molecule has 68 valence electrons. The van der Waals surface area contributed by atoms with Crippen LogP contribution in [-0.2, 0) is 0 Å². The van der Waals surface area contributed by atoms with Crippen molar-refractivity contribution in [2.75, 3.05) is 0 Å². The Hall–Kier alpha value is -1.64. The minimum Gasteiger partial charge on any atom is -0.259 e. The lowest BCUT2D eigenvalue weighted by atomic mass is 10.0. The molecule has 0 spiro atoms. The first-order valence-electron chi connectivity index (χ1n) is 3.99. The fourth-order valence-electron chi connectivity index (χ4n) is 1.10. The highest BCUT2D eigenvalue weighted by molar-refractivity contribution is 5.54. The number of benzene rings is 1. The molecule has 0 amide bonds. The summed E-state index contributed by atoms with van der Waals surface area (Å²) < 4.78 is 0. The lowest BCUT2D eigenvalue weighted by Crippen LogP contribution is -1.87. The van der Waals surface area contributed by atoms with E-state index in [2.05, 4.69) is 0 Å². The van der Waals surface area contributed by atoms with Crippen LogP contribution in [0.2, 0.25) is 0 Å². The summed E-state index contributed by atoms with van der Waals surface area (Å²) in [6.07, 6.45) is 2.48. The Morgan fingerprint density at radius 1 is 1.38 bits per heavy atom. The summed E-state index contributed by atoms with van der Waals surface area (Å²) in [5.74, 6) is 0. The van der Waals surface area contributed by atoms with E-state index in [9.17, 15) is 10.1 Å². The van der Waals surface area contributed by atoms with Crippen LogP contribution in [0.25, 0.3) is 6.08 Å². The molecule has 0 aliphatic rings. The molecule has 0 radical (unpaired) electrons. The van der Waals surface area contributed by atoms with E-state index in [0.717, 1.165) is 22.9 Å². The van der Waals surface area contributed by atoms with Gasteiger partial charge in [0.1, 0.15) is 0 Å². The van der Waals surface area contributed by atoms with Crippen molar-refractivity contribution in [2.45, 2.75) is 13.8 Å². The van der Waals surface area contributed by atoms with Gasteiger partial charge in [-0.2, -0.15) is 0 Å². The van der Waals surface area contributed by atoms with Crippen LogP contribution >= 0.6 is 0 Å². The number of hydrogen-bond acceptors (Lipinski definition) is 2. The zero-order valence-corrected chi connectivity index (χ0v) is 7.65. The number of rotatable bonds is 2. The zero-order valence-electron chi connectivity index (χ0n) is 7.65. The Kier molecular flexibility index (Phi) is 2.80. The molecule has 0 unspecified atom stereocenters. The van der Waals surface area contributed by atoms with Gasteiger partial charge in [0.05, 0.1) is 4.92 Å². The molecule has 0 atom stereocenters. The van der Waals surface area contributed by atoms with E-state index in [1.807, 2.05) is 32.0 Å². The van der Waals surface area contributed by atoms with Crippen molar-refractivity contribution in [1.82, 2.24) is 0 Å². The van der Waals surface area contributed by atoms with Gasteiger partial charge in [-0.3, -0.25) is 10.1 Å². The van der Waals surface area contributed by atoms with Gasteiger partial charge in [-0.25, -0.2) is 0 Å². The van der Waals surface area contributed by atoms with Crippen molar-refractivity contribution in [3.8, 4) is 0 Å². The molecule has 0 aliphatic heterocycles. The molecule has 3 heteroatoms. The summed E-state index contributed by atoms with van der Waals surface area (Å²) in [7, 11) is 0. The highest BCUT2D eigenvalue weighted by Gasteiger charge is 1.97. The second kappa shape index (κ2) is 3.85. The fraction of sp³-hybridized carbons (Fsp3) is 0.200. The van der Waals surface area contributed by atoms with Gasteiger partial charge in [0.15, 0.2) is 0 Å². The van der Waals surface area contributed by atoms with Crippen LogP contribution in [0, 0.1) is 24.0 Å². The third-order valence-corrected chi connectivity index (χ3v) is 2.02. The molecule has 0 aliphatic carbocycles. The summed E-state index contributed by atoms with van der Waals surface area (Å²) in [5.41, 5.74) is 3.13. The maximum atomic E-state index is 10.1. The van der Waals surface area contributed by atoms with E-state index >= 15 is 0 Å². The van der Waals surface area contributed by atoms with Crippen LogP contribution in [0.4, 0.5) is 0 Å². The molecule has 0 aromatic heterocycles. The monoisotopic (exact) mass is 177 g/mol. The molecule has 0 heterocycles. The Balaban J connectivity index is 3.02. The van der Waals surface area contributed by atoms with E-state index in [4.69, 9.17) is 0 Å². The van der Waals surface area contributed by atoms with Gasteiger partial charge in [-0.15, -0.1) is 0 Å². The molecule has 0 saturated heterocycles.